The summed E-state index contributed by atoms with van der Waals surface area (Å²) in [5.74, 6) is 0.410. The molecule has 180 valence electrons. The van der Waals surface area contributed by atoms with Gasteiger partial charge in [0.1, 0.15) is 0 Å². The topological polar surface area (TPSA) is 89.5 Å². The lowest BCUT2D eigenvalue weighted by molar-refractivity contribution is 0.109. The number of alkyl carbamates (subject to hydrolysis) is 1. The molecule has 0 atom stereocenters. The van der Waals surface area contributed by atoms with Gasteiger partial charge >= 0.3 is 12.2 Å². The molecule has 2 N–H and O–H groups in total. The van der Waals surface area contributed by atoms with E-state index in [1.807, 2.05) is 58.3 Å². The van der Waals surface area contributed by atoms with E-state index in [-0.39, 0.29) is 24.3 Å². The Bertz CT molecular complexity index is 953. The summed E-state index contributed by atoms with van der Waals surface area (Å²) in [4.78, 5) is 30.7. The maximum atomic E-state index is 11.9. The van der Waals surface area contributed by atoms with E-state index >= 15 is 0 Å². The van der Waals surface area contributed by atoms with Crippen LogP contribution in [0.15, 0.2) is 29.3 Å². The highest BCUT2D eigenvalue weighted by Crippen LogP contribution is 2.40. The van der Waals surface area contributed by atoms with E-state index in [0.717, 1.165) is 46.0 Å². The lowest BCUT2D eigenvalue weighted by atomic mass is 9.86. The molecule has 1 aromatic carbocycles. The van der Waals surface area contributed by atoms with Crippen LogP contribution in [0.2, 0.25) is 0 Å². The van der Waals surface area contributed by atoms with Gasteiger partial charge in [-0.2, -0.15) is 0 Å². The molecule has 0 aliphatic heterocycles. The Kier molecular flexibility index (Phi) is 9.02. The second kappa shape index (κ2) is 11.7. The summed E-state index contributed by atoms with van der Waals surface area (Å²) >= 11 is 3.36. The first-order chi connectivity index (χ1) is 15.7. The van der Waals surface area contributed by atoms with Crippen molar-refractivity contribution in [1.29, 1.82) is 0 Å². The van der Waals surface area contributed by atoms with E-state index in [1.165, 1.54) is 0 Å². The Morgan fingerprint density at radius 2 is 1.73 bits per heavy atom. The largest absolute Gasteiger partial charge is 0.447 e. The van der Waals surface area contributed by atoms with Gasteiger partial charge in [-0.1, -0.05) is 6.07 Å². The number of carbonyl (C=O) groups is 2. The molecular weight excluding hydrogens is 458 g/mol. The molecule has 1 aliphatic rings. The molecule has 1 aliphatic carbocycles. The molecule has 0 radical (unpaired) electrons. The number of benzene rings is 1. The number of nitrogens with zero attached hydrogens (tertiary/aromatic N) is 1. The van der Waals surface area contributed by atoms with Crippen LogP contribution in [0.3, 0.4) is 0 Å². The van der Waals surface area contributed by atoms with Gasteiger partial charge in [0.05, 0.1) is 22.1 Å². The number of anilines is 1. The normalized spacial score (nSPS) is 18.3. The number of carbonyl (C=O) groups excluding carboxylic acids is 2. The lowest BCUT2D eigenvalue weighted by Gasteiger charge is -2.28. The van der Waals surface area contributed by atoms with Crippen LogP contribution in [-0.4, -0.2) is 41.7 Å². The van der Waals surface area contributed by atoms with Gasteiger partial charge in [0, 0.05) is 34.3 Å². The quantitative estimate of drug-likeness (QED) is 0.422. The van der Waals surface area contributed by atoms with Crippen molar-refractivity contribution >= 4 is 41.0 Å². The van der Waals surface area contributed by atoms with E-state index in [1.54, 1.807) is 23.1 Å². The highest BCUT2D eigenvalue weighted by atomic mass is 32.2. The summed E-state index contributed by atoms with van der Waals surface area (Å²) < 4.78 is 10.4. The second-order valence-electron chi connectivity index (χ2n) is 8.70. The minimum atomic E-state index is -0.451. The van der Waals surface area contributed by atoms with Gasteiger partial charge in [-0.05, 0) is 71.8 Å². The zero-order chi connectivity index (χ0) is 24.0. The van der Waals surface area contributed by atoms with Gasteiger partial charge in [0.25, 0.3) is 0 Å². The summed E-state index contributed by atoms with van der Waals surface area (Å²) in [6, 6.07) is 6.05. The number of hydrogen-bond donors (Lipinski definition) is 2. The molecule has 33 heavy (non-hydrogen) atoms. The Hall–Kier alpha value is -2.26. The number of ether oxygens (including phenoxy) is 2. The smallest absolute Gasteiger partial charge is 0.411 e. The number of hydrogen-bond acceptors (Lipinski definition) is 7. The van der Waals surface area contributed by atoms with Crippen LogP contribution in [-0.2, 0) is 9.47 Å². The minimum absolute atomic E-state index is 0.111. The maximum Gasteiger partial charge on any atom is 0.411 e. The molecule has 0 bridgehead atoms. The van der Waals surface area contributed by atoms with Gasteiger partial charge in [0.2, 0.25) is 0 Å². The molecule has 3 rings (SSSR count). The third kappa shape index (κ3) is 7.37. The van der Waals surface area contributed by atoms with Crippen LogP contribution in [0.5, 0.6) is 0 Å². The van der Waals surface area contributed by atoms with Crippen molar-refractivity contribution in [3.8, 4) is 10.4 Å². The van der Waals surface area contributed by atoms with Crippen LogP contribution in [0, 0.1) is 0 Å². The highest BCUT2D eigenvalue weighted by Gasteiger charge is 2.26. The Balaban J connectivity index is 1.62. The molecule has 2 amide bonds. The van der Waals surface area contributed by atoms with Crippen LogP contribution in [0.25, 0.3) is 10.4 Å². The van der Waals surface area contributed by atoms with E-state index in [2.05, 4.69) is 10.6 Å². The number of nitrogens with one attached hydrogen (secondary N) is 2. The molecule has 1 aromatic heterocycles. The van der Waals surface area contributed by atoms with Gasteiger partial charge in [0.15, 0.2) is 0 Å². The molecule has 1 heterocycles. The fourth-order valence-electron chi connectivity index (χ4n) is 3.83. The molecule has 0 saturated heterocycles. The van der Waals surface area contributed by atoms with Crippen molar-refractivity contribution in [2.45, 2.75) is 82.4 Å². The fourth-order valence-corrected chi connectivity index (χ4v) is 5.67. The predicted octanol–water partition coefficient (Wildman–Crippen LogP) is 6.65. The Morgan fingerprint density at radius 1 is 1.06 bits per heavy atom. The molecule has 0 unspecified atom stereocenters. The molecule has 7 nitrogen and oxygen atoms in total. The second-order valence-corrected chi connectivity index (χ2v) is 10.6. The van der Waals surface area contributed by atoms with E-state index in [9.17, 15) is 9.59 Å². The van der Waals surface area contributed by atoms with Crippen LogP contribution in [0.1, 0.15) is 64.3 Å². The molecule has 9 heteroatoms. The third-order valence-corrected chi connectivity index (χ3v) is 7.29. The lowest BCUT2D eigenvalue weighted by Crippen LogP contribution is -2.38. The zero-order valence-corrected chi connectivity index (χ0v) is 21.5. The number of aromatic nitrogens is 1. The van der Waals surface area contributed by atoms with Crippen molar-refractivity contribution in [3.05, 3.63) is 29.4 Å². The first-order valence-electron chi connectivity index (χ1n) is 11.3. The fraction of sp³-hybridized carbons (Fsp3) is 0.542. The standard InChI is InChI=1S/C24H33N3O4S2/c1-14(2)30-23(28)26-17-8-6-16(7-9-17)22-25-13-21(33-22)19-11-10-18(12-20(19)32-5)27-24(29)31-15(3)4/h10-17H,6-9H2,1-5H3,(H,26,28)(H,27,29)/t16-,17-. The van der Waals surface area contributed by atoms with Crippen molar-refractivity contribution in [3.63, 3.8) is 0 Å². The van der Waals surface area contributed by atoms with Gasteiger partial charge in [-0.15, -0.1) is 23.1 Å². The van der Waals surface area contributed by atoms with Crippen molar-refractivity contribution in [2.24, 2.45) is 0 Å². The summed E-state index contributed by atoms with van der Waals surface area (Å²) in [7, 11) is 0. The highest BCUT2D eigenvalue weighted by molar-refractivity contribution is 7.98. The number of thiazole rings is 1. The maximum absolute atomic E-state index is 11.9. The van der Waals surface area contributed by atoms with Crippen molar-refractivity contribution < 1.29 is 19.1 Å². The minimum Gasteiger partial charge on any atom is -0.447 e. The number of rotatable bonds is 7. The molecule has 0 spiro atoms. The van der Waals surface area contributed by atoms with Gasteiger partial charge in [-0.25, -0.2) is 14.6 Å². The molecule has 2 aromatic rings. The first-order valence-corrected chi connectivity index (χ1v) is 13.4. The van der Waals surface area contributed by atoms with Crippen LogP contribution in [0.4, 0.5) is 15.3 Å². The first kappa shape index (κ1) is 25.4. The van der Waals surface area contributed by atoms with E-state index in [0.29, 0.717) is 11.6 Å². The van der Waals surface area contributed by atoms with Crippen molar-refractivity contribution in [2.75, 3.05) is 11.6 Å². The molecule has 1 fully saturated rings. The summed E-state index contributed by atoms with van der Waals surface area (Å²) in [6.07, 6.45) is 6.75. The van der Waals surface area contributed by atoms with Crippen LogP contribution < -0.4 is 10.6 Å². The Morgan fingerprint density at radius 3 is 2.36 bits per heavy atom. The molecular formula is C24H33N3O4S2. The van der Waals surface area contributed by atoms with Crippen LogP contribution >= 0.6 is 23.1 Å². The summed E-state index contributed by atoms with van der Waals surface area (Å²) in [5, 5.41) is 6.91. The van der Waals surface area contributed by atoms with Gasteiger partial charge in [-0.3, -0.25) is 5.32 Å². The summed E-state index contributed by atoms with van der Waals surface area (Å²) in [5.41, 5.74) is 1.82. The van der Waals surface area contributed by atoms with E-state index < -0.39 is 6.09 Å². The van der Waals surface area contributed by atoms with Gasteiger partial charge < -0.3 is 14.8 Å². The Labute approximate surface area is 204 Å². The average Bonchev–Trinajstić information content (AvgIpc) is 3.23. The number of amides is 2. The number of thioether (sulfide) groups is 1. The monoisotopic (exact) mass is 491 g/mol. The molecule has 1 saturated carbocycles. The predicted molar refractivity (Wildman–Crippen MR) is 134 cm³/mol. The SMILES string of the molecule is CSc1cc(NC(=O)OC(C)C)ccc1-c1cnc([C@H]2CC[C@H](NC(=O)OC(C)C)CC2)s1. The van der Waals surface area contributed by atoms with Crippen molar-refractivity contribution in [1.82, 2.24) is 10.3 Å². The average molecular weight is 492 g/mol. The third-order valence-electron chi connectivity index (χ3n) is 5.32. The summed E-state index contributed by atoms with van der Waals surface area (Å²) in [6.45, 7) is 7.34. The van der Waals surface area contributed by atoms with E-state index in [4.69, 9.17) is 14.5 Å². The zero-order valence-electron chi connectivity index (χ0n) is 19.8.